The Morgan fingerprint density at radius 1 is 0.682 bits per heavy atom. The molecule has 9 nitrogen and oxygen atoms in total. The van der Waals surface area contributed by atoms with Gasteiger partial charge in [0.2, 0.25) is 0 Å². The molecule has 44 heavy (non-hydrogen) atoms. The summed E-state index contributed by atoms with van der Waals surface area (Å²) in [5.74, 6) is -0.873. The van der Waals surface area contributed by atoms with Gasteiger partial charge in [0.1, 0.15) is 6.61 Å². The van der Waals surface area contributed by atoms with Gasteiger partial charge in [0, 0.05) is 19.4 Å². The summed E-state index contributed by atoms with van der Waals surface area (Å²) in [7, 11) is -4.36. The molecule has 258 valence electrons. The van der Waals surface area contributed by atoms with Crippen molar-refractivity contribution in [3.8, 4) is 0 Å². The molecule has 0 fully saturated rings. The summed E-state index contributed by atoms with van der Waals surface area (Å²) >= 11 is 0. The molecule has 0 aliphatic rings. The predicted molar refractivity (Wildman–Crippen MR) is 178 cm³/mol. The molecule has 0 radical (unpaired) electrons. The maximum Gasteiger partial charge on any atom is 0.472 e. The Kier molecular flexibility index (Phi) is 30.4. The molecule has 10 heteroatoms. The number of ether oxygens (including phenoxy) is 2. The van der Waals surface area contributed by atoms with E-state index in [2.05, 4.69) is 38.2 Å². The standard InChI is InChI=1S/C34H64NO8P/c1-3-5-7-9-11-13-14-15-16-17-18-19-21-22-24-26-33(36)40-30-32(31-42-44(38,39)41-29-28-35)43-34(37)27-25-23-20-12-10-8-6-4-2/h15-16,18-19,32H,3-14,17,20-31,35H2,1-2H3,(H,38,39)/b16-15+,19-18+/t32-/m0/s1. The zero-order chi connectivity index (χ0) is 32.6. The van der Waals surface area contributed by atoms with Crippen LogP contribution in [-0.2, 0) is 32.7 Å². The second kappa shape index (κ2) is 31.5. The summed E-state index contributed by atoms with van der Waals surface area (Å²) in [5, 5.41) is 0. The monoisotopic (exact) mass is 645 g/mol. The number of unbranched alkanes of at least 4 members (excludes halogenated alkanes) is 15. The molecule has 0 aromatic carbocycles. The van der Waals surface area contributed by atoms with Crippen LogP contribution in [0, 0.1) is 0 Å². The Bertz CT molecular complexity index is 789. The van der Waals surface area contributed by atoms with Gasteiger partial charge >= 0.3 is 19.8 Å². The second-order valence-corrected chi connectivity index (χ2v) is 12.8. The van der Waals surface area contributed by atoms with Gasteiger partial charge in [-0.1, -0.05) is 115 Å². The molecule has 3 N–H and O–H groups in total. The zero-order valence-electron chi connectivity index (χ0n) is 27.9. The topological polar surface area (TPSA) is 134 Å². The molecule has 0 bridgehead atoms. The lowest BCUT2D eigenvalue weighted by molar-refractivity contribution is -0.161. The van der Waals surface area contributed by atoms with Gasteiger partial charge in [-0.3, -0.25) is 18.6 Å². The van der Waals surface area contributed by atoms with Crippen molar-refractivity contribution in [2.45, 2.75) is 155 Å². The first-order chi connectivity index (χ1) is 21.3. The molecular weight excluding hydrogens is 581 g/mol. The highest BCUT2D eigenvalue weighted by molar-refractivity contribution is 7.47. The molecule has 0 amide bonds. The molecule has 0 rings (SSSR count). The molecule has 0 aromatic heterocycles. The number of nitrogens with two attached hydrogens (primary N) is 1. The van der Waals surface area contributed by atoms with Crippen LogP contribution in [0.1, 0.15) is 149 Å². The van der Waals surface area contributed by atoms with Gasteiger partial charge in [0.25, 0.3) is 0 Å². The predicted octanol–water partition coefficient (Wildman–Crippen LogP) is 8.88. The van der Waals surface area contributed by atoms with Crippen molar-refractivity contribution in [3.05, 3.63) is 24.3 Å². The highest BCUT2D eigenvalue weighted by Gasteiger charge is 2.25. The lowest BCUT2D eigenvalue weighted by atomic mass is 10.1. The Morgan fingerprint density at radius 2 is 1.18 bits per heavy atom. The van der Waals surface area contributed by atoms with E-state index >= 15 is 0 Å². The number of hydrogen-bond donors (Lipinski definition) is 2. The number of carbonyl (C=O) groups excluding carboxylic acids is 2. The molecule has 0 saturated carbocycles. The molecule has 0 heterocycles. The van der Waals surface area contributed by atoms with Crippen LogP contribution < -0.4 is 5.73 Å². The first kappa shape index (κ1) is 42.5. The van der Waals surface area contributed by atoms with Crippen LogP contribution >= 0.6 is 7.82 Å². The van der Waals surface area contributed by atoms with Gasteiger partial charge in [0.15, 0.2) is 6.10 Å². The average molecular weight is 646 g/mol. The molecule has 0 aliphatic carbocycles. The summed E-state index contributed by atoms with van der Waals surface area (Å²) in [5.41, 5.74) is 5.31. The molecule has 0 aliphatic heterocycles. The van der Waals surface area contributed by atoms with Gasteiger partial charge < -0.3 is 20.1 Å². The van der Waals surface area contributed by atoms with E-state index in [1.807, 2.05) is 0 Å². The summed E-state index contributed by atoms with van der Waals surface area (Å²) in [6.45, 7) is 3.63. The van der Waals surface area contributed by atoms with Crippen molar-refractivity contribution in [2.75, 3.05) is 26.4 Å². The lowest BCUT2D eigenvalue weighted by Gasteiger charge is -2.19. The maximum atomic E-state index is 12.4. The van der Waals surface area contributed by atoms with E-state index in [-0.39, 0.29) is 32.6 Å². The summed E-state index contributed by atoms with van der Waals surface area (Å²) in [4.78, 5) is 34.4. The zero-order valence-corrected chi connectivity index (χ0v) is 28.8. The first-order valence-corrected chi connectivity index (χ1v) is 18.8. The third-order valence-corrected chi connectivity index (χ3v) is 8.07. The largest absolute Gasteiger partial charge is 0.472 e. The molecule has 0 saturated heterocycles. The number of hydrogen-bond acceptors (Lipinski definition) is 8. The van der Waals surface area contributed by atoms with Crippen LogP contribution in [0.15, 0.2) is 24.3 Å². The van der Waals surface area contributed by atoms with E-state index in [4.69, 9.17) is 24.3 Å². The second-order valence-electron chi connectivity index (χ2n) is 11.4. The quantitative estimate of drug-likeness (QED) is 0.0318. The summed E-state index contributed by atoms with van der Waals surface area (Å²) in [6, 6.07) is 0. The molecular formula is C34H64NO8P. The van der Waals surface area contributed by atoms with Crippen molar-refractivity contribution in [3.63, 3.8) is 0 Å². The number of carbonyl (C=O) groups is 2. The molecule has 0 aromatic rings. The fraction of sp³-hybridized carbons (Fsp3) is 0.824. The van der Waals surface area contributed by atoms with Crippen molar-refractivity contribution < 1.29 is 37.6 Å². The number of allylic oxidation sites excluding steroid dienone is 4. The number of esters is 2. The van der Waals surface area contributed by atoms with Gasteiger partial charge in [-0.05, 0) is 44.9 Å². The van der Waals surface area contributed by atoms with Crippen LogP contribution in [0.5, 0.6) is 0 Å². The van der Waals surface area contributed by atoms with Gasteiger partial charge in [-0.25, -0.2) is 4.57 Å². The van der Waals surface area contributed by atoms with E-state index < -0.39 is 32.5 Å². The molecule has 2 atom stereocenters. The number of phosphoric acid groups is 1. The van der Waals surface area contributed by atoms with Crippen LogP contribution in [0.25, 0.3) is 0 Å². The normalized spacial score (nSPS) is 13.8. The first-order valence-electron chi connectivity index (χ1n) is 17.3. The third-order valence-electron chi connectivity index (χ3n) is 7.09. The van der Waals surface area contributed by atoms with Crippen molar-refractivity contribution in [1.29, 1.82) is 0 Å². The molecule has 0 spiro atoms. The summed E-state index contributed by atoms with van der Waals surface area (Å²) in [6.07, 6.45) is 29.4. The van der Waals surface area contributed by atoms with Gasteiger partial charge in [0.05, 0.1) is 13.2 Å². The fourth-order valence-electron chi connectivity index (χ4n) is 4.49. The van der Waals surface area contributed by atoms with E-state index in [9.17, 15) is 19.0 Å². The minimum Gasteiger partial charge on any atom is -0.462 e. The van der Waals surface area contributed by atoms with Crippen molar-refractivity contribution in [1.82, 2.24) is 0 Å². The van der Waals surface area contributed by atoms with Crippen LogP contribution in [-0.4, -0.2) is 49.3 Å². The van der Waals surface area contributed by atoms with Crippen LogP contribution in [0.3, 0.4) is 0 Å². The molecule has 1 unspecified atom stereocenters. The number of phosphoric ester groups is 1. The van der Waals surface area contributed by atoms with E-state index in [0.29, 0.717) is 12.8 Å². The SMILES string of the molecule is CCCCCCCC/C=C/C/C=C/CCCCC(=O)OC[C@@H](COP(=O)(O)OCCN)OC(=O)CCCCCCCCCC. The van der Waals surface area contributed by atoms with E-state index in [1.165, 1.54) is 64.2 Å². The highest BCUT2D eigenvalue weighted by atomic mass is 31.2. The Morgan fingerprint density at radius 3 is 1.77 bits per heavy atom. The van der Waals surface area contributed by atoms with Gasteiger partial charge in [-0.2, -0.15) is 0 Å². The maximum absolute atomic E-state index is 12.4. The van der Waals surface area contributed by atoms with Crippen molar-refractivity contribution in [2.24, 2.45) is 5.73 Å². The van der Waals surface area contributed by atoms with Crippen LogP contribution in [0.2, 0.25) is 0 Å². The van der Waals surface area contributed by atoms with Crippen molar-refractivity contribution >= 4 is 19.8 Å². The van der Waals surface area contributed by atoms with E-state index in [0.717, 1.165) is 44.9 Å². The highest BCUT2D eigenvalue weighted by Crippen LogP contribution is 2.43. The average Bonchev–Trinajstić information content (AvgIpc) is 3.00. The lowest BCUT2D eigenvalue weighted by Crippen LogP contribution is -2.29. The van der Waals surface area contributed by atoms with Gasteiger partial charge in [-0.15, -0.1) is 0 Å². The fourth-order valence-corrected chi connectivity index (χ4v) is 5.25. The van der Waals surface area contributed by atoms with E-state index in [1.54, 1.807) is 0 Å². The smallest absolute Gasteiger partial charge is 0.462 e. The van der Waals surface area contributed by atoms with Crippen LogP contribution in [0.4, 0.5) is 0 Å². The Labute approximate surface area is 268 Å². The Hall–Kier alpha value is -1.51. The number of rotatable bonds is 32. The minimum absolute atomic E-state index is 0.0503. The summed E-state index contributed by atoms with van der Waals surface area (Å²) < 4.78 is 32.4. The Balaban J connectivity index is 4.29. The minimum atomic E-state index is -4.36. The third kappa shape index (κ3) is 30.5.